The molecular weight excluding hydrogens is 358 g/mol. The van der Waals surface area contributed by atoms with Crippen LogP contribution in [0.25, 0.3) is 5.82 Å². The van der Waals surface area contributed by atoms with Crippen LogP contribution in [0.3, 0.4) is 0 Å². The molecule has 0 unspecified atom stereocenters. The predicted molar refractivity (Wildman–Crippen MR) is 103 cm³/mol. The Balaban J connectivity index is 1.45. The van der Waals surface area contributed by atoms with Crippen molar-refractivity contribution in [3.63, 3.8) is 0 Å². The molecule has 28 heavy (non-hydrogen) atoms. The normalized spacial score (nSPS) is 10.6. The second-order valence-electron chi connectivity index (χ2n) is 6.07. The number of nitrogens with one attached hydrogen (secondary N) is 2. The number of hydrogen-bond donors (Lipinski definition) is 2. The maximum absolute atomic E-state index is 12.4. The van der Waals surface area contributed by atoms with Crippen LogP contribution in [0.4, 0.5) is 17.2 Å². The molecule has 0 aliphatic heterocycles. The standard InChI is InChI=1S/C19H17N7O2/c1-12-18(13(2)28-25-12)19(27)24-15-6-4-14(5-7-15)23-16-10-17(21-11-20-16)26-9-3-8-22-26/h3-11H,1-2H3,(H,24,27)(H,20,21,23). The number of anilines is 3. The lowest BCUT2D eigenvalue weighted by Crippen LogP contribution is -2.13. The molecule has 140 valence electrons. The Morgan fingerprint density at radius 3 is 2.57 bits per heavy atom. The largest absolute Gasteiger partial charge is 0.361 e. The van der Waals surface area contributed by atoms with Crippen molar-refractivity contribution in [3.8, 4) is 5.82 Å². The van der Waals surface area contributed by atoms with Gasteiger partial charge in [-0.3, -0.25) is 4.79 Å². The summed E-state index contributed by atoms with van der Waals surface area (Å²) in [5.74, 6) is 1.53. The summed E-state index contributed by atoms with van der Waals surface area (Å²) in [6, 6.07) is 10.9. The van der Waals surface area contributed by atoms with Gasteiger partial charge in [-0.2, -0.15) is 5.10 Å². The minimum absolute atomic E-state index is 0.253. The van der Waals surface area contributed by atoms with Crippen LogP contribution in [0.15, 0.2) is 59.6 Å². The quantitative estimate of drug-likeness (QED) is 0.551. The average Bonchev–Trinajstić information content (AvgIpc) is 3.34. The van der Waals surface area contributed by atoms with Crippen molar-refractivity contribution < 1.29 is 9.32 Å². The number of aromatic nitrogens is 5. The first-order chi connectivity index (χ1) is 13.6. The van der Waals surface area contributed by atoms with E-state index in [1.807, 2.05) is 24.4 Å². The van der Waals surface area contributed by atoms with Crippen LogP contribution in [0, 0.1) is 13.8 Å². The third-order valence-electron chi connectivity index (χ3n) is 4.07. The summed E-state index contributed by atoms with van der Waals surface area (Å²) >= 11 is 0. The Hall–Kier alpha value is -4.01. The van der Waals surface area contributed by atoms with E-state index >= 15 is 0 Å². The lowest BCUT2D eigenvalue weighted by molar-refractivity contribution is 0.102. The monoisotopic (exact) mass is 375 g/mol. The summed E-state index contributed by atoms with van der Waals surface area (Å²) in [5, 5.41) is 14.0. The fourth-order valence-electron chi connectivity index (χ4n) is 2.73. The molecule has 3 aromatic heterocycles. The van der Waals surface area contributed by atoms with E-state index in [4.69, 9.17) is 4.52 Å². The zero-order chi connectivity index (χ0) is 19.5. The van der Waals surface area contributed by atoms with E-state index in [1.165, 1.54) is 6.33 Å². The van der Waals surface area contributed by atoms with E-state index in [9.17, 15) is 4.79 Å². The topological polar surface area (TPSA) is 111 Å². The molecular formula is C19H17N7O2. The van der Waals surface area contributed by atoms with Gasteiger partial charge >= 0.3 is 0 Å². The zero-order valence-electron chi connectivity index (χ0n) is 15.2. The first-order valence-electron chi connectivity index (χ1n) is 8.53. The van der Waals surface area contributed by atoms with Gasteiger partial charge in [-0.25, -0.2) is 14.6 Å². The average molecular weight is 375 g/mol. The molecule has 0 radical (unpaired) electrons. The van der Waals surface area contributed by atoms with Crippen LogP contribution < -0.4 is 10.6 Å². The van der Waals surface area contributed by atoms with Crippen molar-refractivity contribution in [1.29, 1.82) is 0 Å². The van der Waals surface area contributed by atoms with E-state index in [2.05, 4.69) is 30.9 Å². The van der Waals surface area contributed by atoms with Crippen molar-refractivity contribution in [2.24, 2.45) is 0 Å². The lowest BCUT2D eigenvalue weighted by atomic mass is 10.2. The van der Waals surface area contributed by atoms with E-state index in [1.54, 1.807) is 42.9 Å². The molecule has 0 aliphatic carbocycles. The van der Waals surface area contributed by atoms with Crippen molar-refractivity contribution in [2.45, 2.75) is 13.8 Å². The molecule has 1 amide bonds. The molecule has 0 saturated carbocycles. The van der Waals surface area contributed by atoms with Gasteiger partial charge in [-0.05, 0) is 44.2 Å². The summed E-state index contributed by atoms with van der Waals surface area (Å²) in [6.07, 6.45) is 4.96. The van der Waals surface area contributed by atoms with E-state index < -0.39 is 0 Å². The van der Waals surface area contributed by atoms with Gasteiger partial charge in [0.1, 0.15) is 23.5 Å². The minimum Gasteiger partial charge on any atom is -0.361 e. The number of amides is 1. The molecule has 0 spiro atoms. The van der Waals surface area contributed by atoms with E-state index in [0.29, 0.717) is 34.3 Å². The van der Waals surface area contributed by atoms with Crippen LogP contribution in [0.2, 0.25) is 0 Å². The second-order valence-corrected chi connectivity index (χ2v) is 6.07. The van der Waals surface area contributed by atoms with Gasteiger partial charge in [0, 0.05) is 29.8 Å². The summed E-state index contributed by atoms with van der Waals surface area (Å²) in [5.41, 5.74) is 2.50. The highest BCUT2D eigenvalue weighted by molar-refractivity contribution is 6.05. The third-order valence-corrected chi connectivity index (χ3v) is 4.07. The van der Waals surface area contributed by atoms with Crippen LogP contribution in [-0.4, -0.2) is 30.8 Å². The molecule has 1 aromatic carbocycles. The highest BCUT2D eigenvalue weighted by atomic mass is 16.5. The molecule has 0 atom stereocenters. The molecule has 0 bridgehead atoms. The van der Waals surface area contributed by atoms with Gasteiger partial charge in [0.2, 0.25) is 0 Å². The lowest BCUT2D eigenvalue weighted by Gasteiger charge is -2.09. The van der Waals surface area contributed by atoms with Gasteiger partial charge in [0.05, 0.1) is 5.69 Å². The Labute approximate surface area is 160 Å². The molecule has 0 fully saturated rings. The van der Waals surface area contributed by atoms with Gasteiger partial charge in [-0.15, -0.1) is 0 Å². The summed E-state index contributed by atoms with van der Waals surface area (Å²) in [4.78, 5) is 20.8. The number of benzene rings is 1. The molecule has 0 aliphatic rings. The molecule has 4 rings (SSSR count). The smallest absolute Gasteiger partial charge is 0.261 e. The Bertz CT molecular complexity index is 1080. The Kier molecular flexibility index (Phi) is 4.55. The van der Waals surface area contributed by atoms with Crippen LogP contribution >= 0.6 is 0 Å². The van der Waals surface area contributed by atoms with E-state index in [0.717, 1.165) is 5.69 Å². The first-order valence-corrected chi connectivity index (χ1v) is 8.53. The summed E-state index contributed by atoms with van der Waals surface area (Å²) in [6.45, 7) is 3.44. The molecule has 0 saturated heterocycles. The number of rotatable bonds is 5. The Morgan fingerprint density at radius 2 is 1.89 bits per heavy atom. The molecule has 3 heterocycles. The molecule has 9 heteroatoms. The SMILES string of the molecule is Cc1noc(C)c1C(=O)Nc1ccc(Nc2cc(-n3cccn3)ncn2)cc1. The van der Waals surface area contributed by atoms with Gasteiger partial charge in [0.25, 0.3) is 5.91 Å². The number of nitrogens with zero attached hydrogens (tertiary/aromatic N) is 5. The predicted octanol–water partition coefficient (Wildman–Crippen LogP) is 3.26. The zero-order valence-corrected chi connectivity index (χ0v) is 15.2. The molecule has 9 nitrogen and oxygen atoms in total. The van der Waals surface area contributed by atoms with Gasteiger partial charge in [-0.1, -0.05) is 5.16 Å². The summed E-state index contributed by atoms with van der Waals surface area (Å²) in [7, 11) is 0. The Morgan fingerprint density at radius 1 is 1.11 bits per heavy atom. The maximum atomic E-state index is 12.4. The molecule has 2 N–H and O–H groups in total. The van der Waals surface area contributed by atoms with Gasteiger partial charge in [0.15, 0.2) is 5.82 Å². The van der Waals surface area contributed by atoms with Crippen LogP contribution in [-0.2, 0) is 0 Å². The van der Waals surface area contributed by atoms with Crippen molar-refractivity contribution >= 4 is 23.1 Å². The minimum atomic E-state index is -0.253. The molecule has 4 aromatic rings. The van der Waals surface area contributed by atoms with Crippen LogP contribution in [0.1, 0.15) is 21.8 Å². The van der Waals surface area contributed by atoms with Crippen molar-refractivity contribution in [1.82, 2.24) is 24.9 Å². The number of carbonyl (C=O) groups excluding carboxylic acids is 1. The fourth-order valence-corrected chi connectivity index (χ4v) is 2.73. The fraction of sp³-hybridized carbons (Fsp3) is 0.105. The van der Waals surface area contributed by atoms with Crippen molar-refractivity contribution in [2.75, 3.05) is 10.6 Å². The first kappa shape index (κ1) is 17.4. The third kappa shape index (κ3) is 3.58. The maximum Gasteiger partial charge on any atom is 0.261 e. The van der Waals surface area contributed by atoms with Gasteiger partial charge < -0.3 is 15.2 Å². The summed E-state index contributed by atoms with van der Waals surface area (Å²) < 4.78 is 6.69. The number of hydrogen-bond acceptors (Lipinski definition) is 7. The van der Waals surface area contributed by atoms with Crippen LogP contribution in [0.5, 0.6) is 0 Å². The highest BCUT2D eigenvalue weighted by Gasteiger charge is 2.17. The number of aryl methyl sites for hydroxylation is 2. The second kappa shape index (κ2) is 7.31. The van der Waals surface area contributed by atoms with E-state index in [-0.39, 0.29) is 5.91 Å². The van der Waals surface area contributed by atoms with Crippen molar-refractivity contribution in [3.05, 3.63) is 72.1 Å². The number of carbonyl (C=O) groups is 1. The highest BCUT2D eigenvalue weighted by Crippen LogP contribution is 2.20.